The highest BCUT2D eigenvalue weighted by molar-refractivity contribution is 5.98. The van der Waals surface area contributed by atoms with E-state index < -0.39 is 18.0 Å². The van der Waals surface area contributed by atoms with Crippen LogP contribution in [0, 0.1) is 17.2 Å². The molecule has 0 aliphatic carbocycles. The van der Waals surface area contributed by atoms with Gasteiger partial charge in [0.05, 0.1) is 16.8 Å². The van der Waals surface area contributed by atoms with E-state index in [1.165, 1.54) is 6.92 Å². The van der Waals surface area contributed by atoms with Crippen LogP contribution >= 0.6 is 0 Å². The second-order valence-electron chi connectivity index (χ2n) is 6.49. The number of amides is 1. The summed E-state index contributed by atoms with van der Waals surface area (Å²) in [6.45, 7) is 5.76. The monoisotopic (exact) mass is 350 g/mol. The van der Waals surface area contributed by atoms with E-state index in [9.17, 15) is 9.59 Å². The summed E-state index contributed by atoms with van der Waals surface area (Å²) >= 11 is 0. The van der Waals surface area contributed by atoms with Gasteiger partial charge in [-0.2, -0.15) is 5.26 Å². The minimum atomic E-state index is -0.982. The number of nitrogens with zero attached hydrogens (tertiary/aromatic N) is 1. The molecule has 134 valence electrons. The van der Waals surface area contributed by atoms with Gasteiger partial charge < -0.3 is 10.1 Å². The lowest BCUT2D eigenvalue weighted by Crippen LogP contribution is -2.30. The maximum atomic E-state index is 12.2. The summed E-state index contributed by atoms with van der Waals surface area (Å²) in [7, 11) is 0. The van der Waals surface area contributed by atoms with Crippen molar-refractivity contribution in [1.29, 1.82) is 5.26 Å². The highest BCUT2D eigenvalue weighted by Crippen LogP contribution is 2.15. The van der Waals surface area contributed by atoms with Gasteiger partial charge in [-0.3, -0.25) is 4.79 Å². The summed E-state index contributed by atoms with van der Waals surface area (Å²) in [5, 5.41) is 11.7. The normalized spacial score (nSPS) is 11.5. The zero-order valence-electron chi connectivity index (χ0n) is 15.2. The van der Waals surface area contributed by atoms with E-state index in [-0.39, 0.29) is 0 Å². The number of hydrogen-bond acceptors (Lipinski definition) is 4. The van der Waals surface area contributed by atoms with Gasteiger partial charge in [0.15, 0.2) is 6.10 Å². The number of nitriles is 1. The molecule has 0 bridgehead atoms. The number of carbonyl (C=O) groups is 2. The summed E-state index contributed by atoms with van der Waals surface area (Å²) in [4.78, 5) is 24.4. The summed E-state index contributed by atoms with van der Waals surface area (Å²) in [6, 6.07) is 15.8. The van der Waals surface area contributed by atoms with Crippen molar-refractivity contribution in [3.05, 3.63) is 65.2 Å². The van der Waals surface area contributed by atoms with E-state index in [4.69, 9.17) is 10.00 Å². The van der Waals surface area contributed by atoms with Crippen LogP contribution in [0.1, 0.15) is 42.3 Å². The van der Waals surface area contributed by atoms with Crippen LogP contribution < -0.4 is 5.32 Å². The molecule has 1 atom stereocenters. The van der Waals surface area contributed by atoms with Crippen molar-refractivity contribution in [3.63, 3.8) is 0 Å². The molecule has 0 heterocycles. The first-order valence-electron chi connectivity index (χ1n) is 8.50. The third-order valence-electron chi connectivity index (χ3n) is 3.79. The molecule has 0 radical (unpaired) electrons. The minimum absolute atomic E-state index is 0.347. The fraction of sp³-hybridized carbons (Fsp3) is 0.286. The lowest BCUT2D eigenvalue weighted by Gasteiger charge is -2.14. The highest BCUT2D eigenvalue weighted by Gasteiger charge is 2.20. The SMILES string of the molecule is CC(C)Cc1ccc(C(=O)O[C@H](C)C(=O)Nc2ccccc2C#N)cc1. The minimum Gasteiger partial charge on any atom is -0.449 e. The molecule has 2 aromatic carbocycles. The zero-order valence-corrected chi connectivity index (χ0v) is 15.2. The Labute approximate surface area is 153 Å². The van der Waals surface area contributed by atoms with E-state index >= 15 is 0 Å². The average molecular weight is 350 g/mol. The first-order valence-corrected chi connectivity index (χ1v) is 8.50. The molecule has 0 spiro atoms. The van der Waals surface area contributed by atoms with Gasteiger partial charge >= 0.3 is 5.97 Å². The van der Waals surface area contributed by atoms with Gasteiger partial charge in [-0.25, -0.2) is 4.79 Å². The van der Waals surface area contributed by atoms with Crippen molar-refractivity contribution >= 4 is 17.6 Å². The number of anilines is 1. The van der Waals surface area contributed by atoms with Gasteiger partial charge in [-0.05, 0) is 49.1 Å². The quantitative estimate of drug-likeness (QED) is 0.800. The molecule has 2 aromatic rings. The number of hydrogen-bond donors (Lipinski definition) is 1. The van der Waals surface area contributed by atoms with Crippen LogP contribution in [-0.4, -0.2) is 18.0 Å². The van der Waals surface area contributed by atoms with E-state index in [0.717, 1.165) is 12.0 Å². The number of rotatable bonds is 6. The molecule has 0 fully saturated rings. The third kappa shape index (κ3) is 5.18. The molecule has 5 nitrogen and oxygen atoms in total. The van der Waals surface area contributed by atoms with E-state index in [0.29, 0.717) is 22.7 Å². The molecule has 0 aliphatic heterocycles. The van der Waals surface area contributed by atoms with E-state index in [1.807, 2.05) is 18.2 Å². The van der Waals surface area contributed by atoms with Gasteiger partial charge in [-0.1, -0.05) is 38.1 Å². The molecule has 2 rings (SSSR count). The topological polar surface area (TPSA) is 79.2 Å². The van der Waals surface area contributed by atoms with Crippen molar-refractivity contribution < 1.29 is 14.3 Å². The number of para-hydroxylation sites is 1. The molecule has 1 amide bonds. The van der Waals surface area contributed by atoms with Crippen molar-refractivity contribution in [3.8, 4) is 6.07 Å². The van der Waals surface area contributed by atoms with Gasteiger partial charge in [0.1, 0.15) is 6.07 Å². The largest absolute Gasteiger partial charge is 0.449 e. The molecule has 5 heteroatoms. The van der Waals surface area contributed by atoms with Crippen molar-refractivity contribution in [2.45, 2.75) is 33.3 Å². The molecule has 1 N–H and O–H groups in total. The van der Waals surface area contributed by atoms with Crippen molar-refractivity contribution in [2.24, 2.45) is 5.92 Å². The Balaban J connectivity index is 1.97. The van der Waals surface area contributed by atoms with Crippen LogP contribution in [0.25, 0.3) is 0 Å². The van der Waals surface area contributed by atoms with Crippen LogP contribution in [0.2, 0.25) is 0 Å². The van der Waals surface area contributed by atoms with Crippen LogP contribution in [0.4, 0.5) is 5.69 Å². The molecule has 26 heavy (non-hydrogen) atoms. The lowest BCUT2D eigenvalue weighted by atomic mass is 10.0. The number of nitrogens with one attached hydrogen (secondary N) is 1. The summed E-state index contributed by atoms with van der Waals surface area (Å²) in [5.41, 5.74) is 2.28. The van der Waals surface area contributed by atoms with Crippen LogP contribution in [-0.2, 0) is 16.0 Å². The Bertz CT molecular complexity index is 820. The van der Waals surface area contributed by atoms with Crippen LogP contribution in [0.5, 0.6) is 0 Å². The number of ether oxygens (including phenoxy) is 1. The van der Waals surface area contributed by atoms with Gasteiger partial charge in [0, 0.05) is 0 Å². The number of benzene rings is 2. The highest BCUT2D eigenvalue weighted by atomic mass is 16.5. The summed E-state index contributed by atoms with van der Waals surface area (Å²) < 4.78 is 5.23. The zero-order chi connectivity index (χ0) is 19.1. The van der Waals surface area contributed by atoms with Crippen molar-refractivity contribution in [2.75, 3.05) is 5.32 Å². The second kappa shape index (κ2) is 8.82. The molecule has 0 saturated carbocycles. The van der Waals surface area contributed by atoms with Crippen LogP contribution in [0.3, 0.4) is 0 Å². The second-order valence-corrected chi connectivity index (χ2v) is 6.49. The Kier molecular flexibility index (Phi) is 6.51. The van der Waals surface area contributed by atoms with Gasteiger partial charge in [0.25, 0.3) is 5.91 Å². The molecule has 0 saturated heterocycles. The molecule has 0 aliphatic rings. The predicted octanol–water partition coefficient (Wildman–Crippen LogP) is 3.94. The third-order valence-corrected chi connectivity index (χ3v) is 3.79. The van der Waals surface area contributed by atoms with Crippen LogP contribution in [0.15, 0.2) is 48.5 Å². The first kappa shape index (κ1) is 19.2. The lowest BCUT2D eigenvalue weighted by molar-refractivity contribution is -0.123. The number of carbonyl (C=O) groups excluding carboxylic acids is 2. The molecular weight excluding hydrogens is 328 g/mol. The standard InChI is InChI=1S/C21H22N2O3/c1-14(2)12-16-8-10-17(11-9-16)21(25)26-15(3)20(24)23-19-7-5-4-6-18(19)13-22/h4-11,14-15H,12H2,1-3H3,(H,23,24)/t15-/m1/s1. The Hall–Kier alpha value is -3.13. The molecule has 0 unspecified atom stereocenters. The Morgan fingerprint density at radius 2 is 1.73 bits per heavy atom. The first-order chi connectivity index (χ1) is 12.4. The fourth-order valence-electron chi connectivity index (χ4n) is 2.45. The molecular formula is C21H22N2O3. The number of esters is 1. The fourth-order valence-corrected chi connectivity index (χ4v) is 2.45. The predicted molar refractivity (Wildman–Crippen MR) is 99.6 cm³/mol. The van der Waals surface area contributed by atoms with E-state index in [1.54, 1.807) is 36.4 Å². The Morgan fingerprint density at radius 1 is 1.08 bits per heavy atom. The van der Waals surface area contributed by atoms with Gasteiger partial charge in [0.2, 0.25) is 0 Å². The van der Waals surface area contributed by atoms with Crippen molar-refractivity contribution in [1.82, 2.24) is 0 Å². The van der Waals surface area contributed by atoms with Gasteiger partial charge in [-0.15, -0.1) is 0 Å². The van der Waals surface area contributed by atoms with E-state index in [2.05, 4.69) is 19.2 Å². The smallest absolute Gasteiger partial charge is 0.338 e. The average Bonchev–Trinajstić information content (AvgIpc) is 2.62. The summed E-state index contributed by atoms with van der Waals surface area (Å²) in [5.74, 6) is -0.511. The summed E-state index contributed by atoms with van der Waals surface area (Å²) in [6.07, 6.45) is -0.0449. The maximum absolute atomic E-state index is 12.2. The molecule has 0 aromatic heterocycles. The Morgan fingerprint density at radius 3 is 2.35 bits per heavy atom. The maximum Gasteiger partial charge on any atom is 0.338 e.